The van der Waals surface area contributed by atoms with Crippen molar-refractivity contribution in [3.63, 3.8) is 0 Å². The Bertz CT molecular complexity index is 428. The van der Waals surface area contributed by atoms with Crippen molar-refractivity contribution in [1.29, 1.82) is 0 Å². The van der Waals surface area contributed by atoms with Crippen LogP contribution in [0.25, 0.3) is 0 Å². The van der Waals surface area contributed by atoms with Gasteiger partial charge in [0.2, 0.25) is 0 Å². The Labute approximate surface area is 117 Å². The highest BCUT2D eigenvalue weighted by Crippen LogP contribution is 2.34. The second-order valence-electron chi connectivity index (χ2n) is 5.40. The quantitative estimate of drug-likeness (QED) is 0.612. The number of aliphatic hydroxyl groups excluding tert-OH is 1. The molecule has 0 bridgehead atoms. The van der Waals surface area contributed by atoms with Crippen LogP contribution in [0.2, 0.25) is 5.02 Å². The standard InChI is InChI=1S/C15H19ClF2O/c16-12-9-14(18)13(17)8-11(12)15(19)7-10-5-3-1-2-4-6-10/h8-10,15,19H,1-7H2. The van der Waals surface area contributed by atoms with Crippen LogP contribution < -0.4 is 0 Å². The first kappa shape index (κ1) is 14.7. The van der Waals surface area contributed by atoms with Gasteiger partial charge in [0.25, 0.3) is 0 Å². The molecule has 1 saturated carbocycles. The van der Waals surface area contributed by atoms with Crippen LogP contribution in [0.4, 0.5) is 8.78 Å². The Morgan fingerprint density at radius 2 is 1.68 bits per heavy atom. The number of hydrogen-bond donors (Lipinski definition) is 1. The van der Waals surface area contributed by atoms with Crippen LogP contribution in [0.5, 0.6) is 0 Å². The van der Waals surface area contributed by atoms with Gasteiger partial charge < -0.3 is 5.11 Å². The Kier molecular flexibility index (Phi) is 5.17. The topological polar surface area (TPSA) is 20.2 Å². The molecule has 1 aliphatic carbocycles. The highest BCUT2D eigenvalue weighted by Gasteiger charge is 2.21. The van der Waals surface area contributed by atoms with Crippen LogP contribution in [0.1, 0.15) is 56.6 Å². The van der Waals surface area contributed by atoms with E-state index in [2.05, 4.69) is 0 Å². The molecule has 1 fully saturated rings. The van der Waals surface area contributed by atoms with Gasteiger partial charge in [-0.1, -0.05) is 50.1 Å². The zero-order valence-corrected chi connectivity index (χ0v) is 11.6. The van der Waals surface area contributed by atoms with E-state index in [9.17, 15) is 13.9 Å². The largest absolute Gasteiger partial charge is 0.388 e. The molecule has 0 saturated heterocycles. The summed E-state index contributed by atoms with van der Waals surface area (Å²) in [6.07, 6.45) is 6.82. The lowest BCUT2D eigenvalue weighted by atomic mass is 9.91. The molecular weight excluding hydrogens is 270 g/mol. The normalized spacial score (nSPS) is 19.2. The molecule has 0 spiro atoms. The summed E-state index contributed by atoms with van der Waals surface area (Å²) in [6.45, 7) is 0. The van der Waals surface area contributed by atoms with Crippen molar-refractivity contribution in [1.82, 2.24) is 0 Å². The number of rotatable bonds is 3. The summed E-state index contributed by atoms with van der Waals surface area (Å²) in [7, 11) is 0. The van der Waals surface area contributed by atoms with Gasteiger partial charge >= 0.3 is 0 Å². The number of halogens is 3. The van der Waals surface area contributed by atoms with Crippen molar-refractivity contribution in [2.24, 2.45) is 5.92 Å². The van der Waals surface area contributed by atoms with E-state index < -0.39 is 17.7 Å². The Morgan fingerprint density at radius 3 is 2.32 bits per heavy atom. The fourth-order valence-corrected chi connectivity index (χ4v) is 3.11. The van der Waals surface area contributed by atoms with Crippen LogP contribution in [-0.4, -0.2) is 5.11 Å². The molecule has 0 radical (unpaired) electrons. The third-order valence-corrected chi connectivity index (χ3v) is 4.26. The number of benzene rings is 1. The molecular formula is C15H19ClF2O. The van der Waals surface area contributed by atoms with Crippen LogP contribution in [0.15, 0.2) is 12.1 Å². The fourth-order valence-electron chi connectivity index (χ4n) is 2.84. The van der Waals surface area contributed by atoms with Gasteiger partial charge in [0.15, 0.2) is 11.6 Å². The van der Waals surface area contributed by atoms with Gasteiger partial charge in [-0.3, -0.25) is 0 Å². The molecule has 106 valence electrons. The SMILES string of the molecule is OC(CC1CCCCCC1)c1cc(F)c(F)cc1Cl. The van der Waals surface area contributed by atoms with Crippen molar-refractivity contribution in [3.05, 3.63) is 34.4 Å². The van der Waals surface area contributed by atoms with Crippen LogP contribution in [-0.2, 0) is 0 Å². The van der Waals surface area contributed by atoms with Crippen molar-refractivity contribution in [2.75, 3.05) is 0 Å². The summed E-state index contributed by atoms with van der Waals surface area (Å²) in [4.78, 5) is 0. The van der Waals surface area contributed by atoms with Crippen molar-refractivity contribution < 1.29 is 13.9 Å². The second kappa shape index (κ2) is 6.67. The highest BCUT2D eigenvalue weighted by molar-refractivity contribution is 6.31. The van der Waals surface area contributed by atoms with Crippen molar-refractivity contribution >= 4 is 11.6 Å². The molecule has 1 aromatic rings. The first-order chi connectivity index (χ1) is 9.08. The molecule has 1 nitrogen and oxygen atoms in total. The Balaban J connectivity index is 2.06. The molecule has 1 unspecified atom stereocenters. The van der Waals surface area contributed by atoms with Crippen LogP contribution >= 0.6 is 11.6 Å². The van der Waals surface area contributed by atoms with Gasteiger partial charge in [-0.2, -0.15) is 0 Å². The summed E-state index contributed by atoms with van der Waals surface area (Å²) in [5.41, 5.74) is 0.296. The minimum atomic E-state index is -0.976. The van der Waals surface area contributed by atoms with Crippen molar-refractivity contribution in [2.45, 2.75) is 51.0 Å². The molecule has 0 amide bonds. The molecule has 0 aromatic heterocycles. The van der Waals surface area contributed by atoms with Crippen LogP contribution in [0.3, 0.4) is 0 Å². The number of hydrogen-bond acceptors (Lipinski definition) is 1. The van der Waals surface area contributed by atoms with E-state index in [0.29, 0.717) is 17.9 Å². The average Bonchev–Trinajstić information content (AvgIpc) is 2.62. The van der Waals surface area contributed by atoms with E-state index in [4.69, 9.17) is 11.6 Å². The molecule has 2 rings (SSSR count). The fraction of sp³-hybridized carbons (Fsp3) is 0.600. The molecule has 1 aliphatic rings. The lowest BCUT2D eigenvalue weighted by molar-refractivity contribution is 0.138. The summed E-state index contributed by atoms with van der Waals surface area (Å²) < 4.78 is 26.2. The van der Waals surface area contributed by atoms with Crippen LogP contribution in [0, 0.1) is 17.6 Å². The van der Waals surface area contributed by atoms with Gasteiger partial charge in [-0.05, 0) is 24.5 Å². The lowest BCUT2D eigenvalue weighted by Gasteiger charge is -2.19. The lowest BCUT2D eigenvalue weighted by Crippen LogP contribution is -2.08. The first-order valence-corrected chi connectivity index (χ1v) is 7.28. The smallest absolute Gasteiger partial charge is 0.160 e. The maximum absolute atomic E-state index is 13.2. The zero-order valence-electron chi connectivity index (χ0n) is 10.8. The molecule has 1 N–H and O–H groups in total. The minimum Gasteiger partial charge on any atom is -0.388 e. The zero-order chi connectivity index (χ0) is 13.8. The van der Waals surface area contributed by atoms with E-state index in [-0.39, 0.29) is 5.02 Å². The van der Waals surface area contributed by atoms with Gasteiger partial charge in [0.05, 0.1) is 6.10 Å². The third kappa shape index (κ3) is 3.90. The van der Waals surface area contributed by atoms with E-state index in [1.807, 2.05) is 0 Å². The molecule has 4 heteroatoms. The van der Waals surface area contributed by atoms with Gasteiger partial charge in [-0.25, -0.2) is 8.78 Å². The molecule has 19 heavy (non-hydrogen) atoms. The summed E-state index contributed by atoms with van der Waals surface area (Å²) >= 11 is 5.88. The van der Waals surface area contributed by atoms with Gasteiger partial charge in [0.1, 0.15) is 0 Å². The molecule has 0 aliphatic heterocycles. The summed E-state index contributed by atoms with van der Waals surface area (Å²) in [5.74, 6) is -1.49. The van der Waals surface area contributed by atoms with E-state index in [1.165, 1.54) is 25.7 Å². The predicted molar refractivity (Wildman–Crippen MR) is 72.1 cm³/mol. The minimum absolute atomic E-state index is 0.0972. The third-order valence-electron chi connectivity index (χ3n) is 3.93. The second-order valence-corrected chi connectivity index (χ2v) is 5.80. The predicted octanol–water partition coefficient (Wildman–Crippen LogP) is 5.01. The maximum Gasteiger partial charge on any atom is 0.160 e. The van der Waals surface area contributed by atoms with E-state index in [0.717, 1.165) is 25.0 Å². The molecule has 1 aromatic carbocycles. The monoisotopic (exact) mass is 288 g/mol. The van der Waals surface area contributed by atoms with Gasteiger partial charge in [-0.15, -0.1) is 0 Å². The number of aliphatic hydroxyl groups is 1. The molecule has 1 atom stereocenters. The van der Waals surface area contributed by atoms with E-state index in [1.54, 1.807) is 0 Å². The Hall–Kier alpha value is -0.670. The average molecular weight is 289 g/mol. The first-order valence-electron chi connectivity index (χ1n) is 6.90. The van der Waals surface area contributed by atoms with Gasteiger partial charge in [0, 0.05) is 10.6 Å². The summed E-state index contributed by atoms with van der Waals surface area (Å²) in [6, 6.07) is 1.95. The molecule has 0 heterocycles. The summed E-state index contributed by atoms with van der Waals surface area (Å²) in [5, 5.41) is 10.3. The van der Waals surface area contributed by atoms with Crippen molar-refractivity contribution in [3.8, 4) is 0 Å². The van der Waals surface area contributed by atoms with E-state index >= 15 is 0 Å². The maximum atomic E-state index is 13.2. The highest BCUT2D eigenvalue weighted by atomic mass is 35.5. The Morgan fingerprint density at radius 1 is 1.11 bits per heavy atom.